The van der Waals surface area contributed by atoms with Gasteiger partial charge in [0.1, 0.15) is 11.5 Å². The van der Waals surface area contributed by atoms with Crippen molar-refractivity contribution < 1.29 is 14.3 Å². The van der Waals surface area contributed by atoms with Crippen LogP contribution in [-0.2, 0) is 4.79 Å². The summed E-state index contributed by atoms with van der Waals surface area (Å²) in [6.07, 6.45) is 1.90. The second-order valence-electron chi connectivity index (χ2n) is 4.62. The molecule has 0 aliphatic rings. The molecule has 0 aliphatic carbocycles. The van der Waals surface area contributed by atoms with Crippen molar-refractivity contribution in [3.05, 3.63) is 42.5 Å². The summed E-state index contributed by atoms with van der Waals surface area (Å²) in [4.78, 5) is 11.7. The Bertz CT molecular complexity index is 641. The molecule has 0 radical (unpaired) electrons. The lowest BCUT2D eigenvalue weighted by molar-refractivity contribution is -0.113. The molecule has 22 heavy (non-hydrogen) atoms. The topological polar surface area (TPSA) is 47.6 Å². The Labute approximate surface area is 134 Å². The van der Waals surface area contributed by atoms with Crippen molar-refractivity contribution in [1.29, 1.82) is 0 Å². The average Bonchev–Trinajstić information content (AvgIpc) is 2.55. The fourth-order valence-electron chi connectivity index (χ4n) is 2.11. The standard InChI is InChI=1S/C17H19NO3S/c1-20-14-7-4-12(5-8-14)15-10-13(6-9-16(15)21-2)18-17(19)11-22-3/h4-10H,11H2,1-3H3,(H,18,19). The Morgan fingerprint density at radius 3 is 2.41 bits per heavy atom. The molecule has 116 valence electrons. The molecule has 0 aliphatic heterocycles. The van der Waals surface area contributed by atoms with Crippen LogP contribution in [0.2, 0.25) is 0 Å². The van der Waals surface area contributed by atoms with Gasteiger partial charge in [-0.2, -0.15) is 11.8 Å². The van der Waals surface area contributed by atoms with E-state index in [2.05, 4.69) is 5.32 Å². The maximum atomic E-state index is 11.7. The molecule has 5 heteroatoms. The summed E-state index contributed by atoms with van der Waals surface area (Å²) >= 11 is 1.49. The van der Waals surface area contributed by atoms with Gasteiger partial charge in [-0.1, -0.05) is 12.1 Å². The van der Waals surface area contributed by atoms with Gasteiger partial charge >= 0.3 is 0 Å². The zero-order valence-corrected chi connectivity index (χ0v) is 13.7. The minimum Gasteiger partial charge on any atom is -0.497 e. The van der Waals surface area contributed by atoms with E-state index in [1.165, 1.54) is 11.8 Å². The highest BCUT2D eigenvalue weighted by molar-refractivity contribution is 7.99. The molecule has 0 spiro atoms. The van der Waals surface area contributed by atoms with Crippen LogP contribution in [0.15, 0.2) is 42.5 Å². The van der Waals surface area contributed by atoms with E-state index in [9.17, 15) is 4.79 Å². The third kappa shape index (κ3) is 3.95. The highest BCUT2D eigenvalue weighted by Gasteiger charge is 2.09. The predicted octanol–water partition coefficient (Wildman–Crippen LogP) is 3.67. The molecule has 0 aromatic heterocycles. The van der Waals surface area contributed by atoms with Crippen molar-refractivity contribution in [3.8, 4) is 22.6 Å². The highest BCUT2D eigenvalue weighted by Crippen LogP contribution is 2.33. The minimum absolute atomic E-state index is 0.0154. The van der Waals surface area contributed by atoms with Gasteiger partial charge in [0.15, 0.2) is 0 Å². The summed E-state index contributed by atoms with van der Waals surface area (Å²) < 4.78 is 10.6. The number of methoxy groups -OCH3 is 2. The second-order valence-corrected chi connectivity index (χ2v) is 5.49. The van der Waals surface area contributed by atoms with E-state index in [1.54, 1.807) is 14.2 Å². The molecule has 2 aromatic carbocycles. The van der Waals surface area contributed by atoms with Gasteiger partial charge in [-0.3, -0.25) is 4.79 Å². The van der Waals surface area contributed by atoms with Crippen LogP contribution in [0.5, 0.6) is 11.5 Å². The molecule has 2 rings (SSSR count). The zero-order valence-electron chi connectivity index (χ0n) is 12.9. The summed E-state index contributed by atoms with van der Waals surface area (Å²) in [5, 5.41) is 2.89. The molecule has 1 amide bonds. The quantitative estimate of drug-likeness (QED) is 0.883. The first-order chi connectivity index (χ1) is 10.7. The van der Waals surface area contributed by atoms with Crippen LogP contribution < -0.4 is 14.8 Å². The summed E-state index contributed by atoms with van der Waals surface area (Å²) in [5.74, 6) is 1.97. The van der Waals surface area contributed by atoms with Crippen molar-refractivity contribution in [2.75, 3.05) is 31.5 Å². The Hall–Kier alpha value is -2.14. The monoisotopic (exact) mass is 317 g/mol. The lowest BCUT2D eigenvalue weighted by atomic mass is 10.0. The molecule has 2 aromatic rings. The van der Waals surface area contributed by atoms with Gasteiger partial charge in [0.05, 0.1) is 20.0 Å². The molecule has 0 saturated heterocycles. The van der Waals surface area contributed by atoms with Crippen molar-refractivity contribution in [2.24, 2.45) is 0 Å². The Balaban J connectivity index is 2.32. The molecule has 0 fully saturated rings. The SMILES string of the molecule is COc1ccc(-c2cc(NC(=O)CSC)ccc2OC)cc1. The van der Waals surface area contributed by atoms with E-state index in [0.717, 1.165) is 28.3 Å². The Kier molecular flexibility index (Phi) is 5.72. The Morgan fingerprint density at radius 1 is 1.09 bits per heavy atom. The second kappa shape index (κ2) is 7.75. The first-order valence-corrected chi connectivity index (χ1v) is 8.18. The smallest absolute Gasteiger partial charge is 0.234 e. The number of rotatable bonds is 6. The van der Waals surface area contributed by atoms with Gasteiger partial charge in [-0.15, -0.1) is 0 Å². The third-order valence-corrected chi connectivity index (χ3v) is 3.71. The van der Waals surface area contributed by atoms with Crippen molar-refractivity contribution >= 4 is 23.4 Å². The molecule has 0 atom stereocenters. The van der Waals surface area contributed by atoms with E-state index in [1.807, 2.05) is 48.7 Å². The minimum atomic E-state index is -0.0154. The van der Waals surface area contributed by atoms with Gasteiger partial charge in [-0.25, -0.2) is 0 Å². The molecule has 1 N–H and O–H groups in total. The van der Waals surface area contributed by atoms with Crippen molar-refractivity contribution in [3.63, 3.8) is 0 Å². The van der Waals surface area contributed by atoms with Crippen LogP contribution in [0.3, 0.4) is 0 Å². The molecular weight excluding hydrogens is 298 g/mol. The van der Waals surface area contributed by atoms with Gasteiger partial charge in [0.25, 0.3) is 0 Å². The largest absolute Gasteiger partial charge is 0.497 e. The van der Waals surface area contributed by atoms with Crippen LogP contribution >= 0.6 is 11.8 Å². The van der Waals surface area contributed by atoms with Crippen molar-refractivity contribution in [2.45, 2.75) is 0 Å². The number of hydrogen-bond donors (Lipinski definition) is 1. The van der Waals surface area contributed by atoms with Gasteiger partial charge < -0.3 is 14.8 Å². The number of carbonyl (C=O) groups excluding carboxylic acids is 1. The van der Waals surface area contributed by atoms with Gasteiger partial charge in [0.2, 0.25) is 5.91 Å². The van der Waals surface area contributed by atoms with Crippen molar-refractivity contribution in [1.82, 2.24) is 0 Å². The van der Waals surface area contributed by atoms with Gasteiger partial charge in [-0.05, 0) is 42.2 Å². The van der Waals surface area contributed by atoms with Crippen LogP contribution in [0.25, 0.3) is 11.1 Å². The maximum Gasteiger partial charge on any atom is 0.234 e. The number of ether oxygens (including phenoxy) is 2. The molecule has 0 unspecified atom stereocenters. The lowest BCUT2D eigenvalue weighted by Gasteiger charge is -2.12. The van der Waals surface area contributed by atoms with E-state index in [-0.39, 0.29) is 5.91 Å². The van der Waals surface area contributed by atoms with Crippen LogP contribution in [0, 0.1) is 0 Å². The molecular formula is C17H19NO3S. The third-order valence-electron chi connectivity index (χ3n) is 3.16. The first kappa shape index (κ1) is 16.2. The number of benzene rings is 2. The highest BCUT2D eigenvalue weighted by atomic mass is 32.2. The van der Waals surface area contributed by atoms with E-state index in [4.69, 9.17) is 9.47 Å². The maximum absolute atomic E-state index is 11.7. The first-order valence-electron chi connectivity index (χ1n) is 6.79. The number of thioether (sulfide) groups is 1. The number of anilines is 1. The molecule has 0 heterocycles. The van der Waals surface area contributed by atoms with E-state index < -0.39 is 0 Å². The van der Waals surface area contributed by atoms with Gasteiger partial charge in [0, 0.05) is 11.3 Å². The number of amides is 1. The summed E-state index contributed by atoms with van der Waals surface area (Å²) in [5.41, 5.74) is 2.68. The van der Waals surface area contributed by atoms with Crippen LogP contribution in [0.4, 0.5) is 5.69 Å². The summed E-state index contributed by atoms with van der Waals surface area (Å²) in [6, 6.07) is 13.3. The van der Waals surface area contributed by atoms with E-state index >= 15 is 0 Å². The summed E-state index contributed by atoms with van der Waals surface area (Å²) in [7, 11) is 3.27. The van der Waals surface area contributed by atoms with E-state index in [0.29, 0.717) is 5.75 Å². The molecule has 4 nitrogen and oxygen atoms in total. The fraction of sp³-hybridized carbons (Fsp3) is 0.235. The molecule has 0 saturated carbocycles. The predicted molar refractivity (Wildman–Crippen MR) is 92.0 cm³/mol. The molecule has 0 bridgehead atoms. The normalized spacial score (nSPS) is 10.1. The van der Waals surface area contributed by atoms with Crippen LogP contribution in [0.1, 0.15) is 0 Å². The summed E-state index contributed by atoms with van der Waals surface area (Å²) in [6.45, 7) is 0. The van der Waals surface area contributed by atoms with Crippen LogP contribution in [-0.4, -0.2) is 32.1 Å². The Morgan fingerprint density at radius 2 is 1.82 bits per heavy atom. The number of hydrogen-bond acceptors (Lipinski definition) is 4. The number of carbonyl (C=O) groups is 1. The average molecular weight is 317 g/mol. The fourth-order valence-corrected chi connectivity index (χ4v) is 2.44. The lowest BCUT2D eigenvalue weighted by Crippen LogP contribution is -2.13. The zero-order chi connectivity index (χ0) is 15.9. The number of nitrogens with one attached hydrogen (secondary N) is 1.